The molecule has 0 aliphatic rings. The Kier molecular flexibility index (Phi) is 7.94. The Balaban J connectivity index is 1.56. The summed E-state index contributed by atoms with van der Waals surface area (Å²) < 4.78 is 19.5. The molecule has 4 aromatic rings. The van der Waals surface area contributed by atoms with Gasteiger partial charge in [0.2, 0.25) is 4.77 Å². The quantitative estimate of drug-likeness (QED) is 0.244. The third-order valence-electron chi connectivity index (χ3n) is 5.30. The van der Waals surface area contributed by atoms with Crippen molar-refractivity contribution < 1.29 is 14.2 Å². The summed E-state index contributed by atoms with van der Waals surface area (Å²) >= 11 is 12.1. The van der Waals surface area contributed by atoms with Crippen molar-refractivity contribution >= 4 is 23.8 Å². The van der Waals surface area contributed by atoms with Crippen LogP contribution in [0.3, 0.4) is 0 Å². The van der Waals surface area contributed by atoms with E-state index in [2.05, 4.69) is 34.7 Å². The van der Waals surface area contributed by atoms with Crippen LogP contribution in [0.25, 0.3) is 11.4 Å². The zero-order chi connectivity index (χ0) is 24.8. The highest BCUT2D eigenvalue weighted by Gasteiger charge is 2.16. The summed E-state index contributed by atoms with van der Waals surface area (Å²) in [5.41, 5.74) is 7.26. The van der Waals surface area contributed by atoms with Crippen LogP contribution in [0.2, 0.25) is 5.02 Å². The molecule has 9 heteroatoms. The predicted octanol–water partition coefficient (Wildman–Crippen LogP) is 6.30. The molecule has 0 aliphatic heterocycles. The predicted molar refractivity (Wildman–Crippen MR) is 141 cm³/mol. The number of H-pyrrole nitrogens is 1. The lowest BCUT2D eigenvalue weighted by molar-refractivity contribution is 0.269. The molecule has 4 rings (SSSR count). The first-order chi connectivity index (χ1) is 17.0. The molecular formula is C26H27ClN4O3S. The molecule has 0 amide bonds. The summed E-state index contributed by atoms with van der Waals surface area (Å²) in [5.74, 6) is 2.42. The number of ether oxygens (including phenoxy) is 3. The molecule has 35 heavy (non-hydrogen) atoms. The lowest BCUT2D eigenvalue weighted by Crippen LogP contribution is -2.16. The molecular weight excluding hydrogens is 484 g/mol. The first kappa shape index (κ1) is 24.6. The summed E-state index contributed by atoms with van der Waals surface area (Å²) in [5, 5.41) is 7.69. The molecule has 0 unspecified atom stereocenters. The number of para-hydroxylation sites is 1. The van der Waals surface area contributed by atoms with Gasteiger partial charge >= 0.3 is 0 Å². The number of hydrogen-bond donors (Lipinski definition) is 2. The number of nitrogens with one attached hydrogen (secondary N) is 2. The van der Waals surface area contributed by atoms with Crippen molar-refractivity contribution in [2.75, 3.05) is 19.1 Å². The molecule has 2 N–H and O–H groups in total. The van der Waals surface area contributed by atoms with Crippen LogP contribution in [-0.4, -0.2) is 28.6 Å². The standard InChI is InChI=1S/C26H27ClN4O3S/c1-4-33-23-14-19(13-21(27)24(23)34-16-18-9-7-8-17(2)12-18)15-28-31-25(29-30-26(31)35)20-10-5-6-11-22(20)32-3/h5-14,28H,4,15-16H2,1-3H3,(H,30,35). The number of rotatable bonds is 10. The Bertz CT molecular complexity index is 1370. The van der Waals surface area contributed by atoms with Crippen LogP contribution in [0.1, 0.15) is 23.6 Å². The van der Waals surface area contributed by atoms with E-state index in [0.717, 1.165) is 16.7 Å². The molecule has 0 radical (unpaired) electrons. The number of nitrogens with zero attached hydrogens (tertiary/aromatic N) is 2. The Morgan fingerprint density at radius 3 is 2.63 bits per heavy atom. The Labute approximate surface area is 214 Å². The van der Waals surface area contributed by atoms with Crippen LogP contribution in [0, 0.1) is 11.7 Å². The zero-order valence-electron chi connectivity index (χ0n) is 19.8. The van der Waals surface area contributed by atoms with Gasteiger partial charge in [0.25, 0.3) is 0 Å². The molecule has 182 valence electrons. The average molecular weight is 511 g/mol. The molecule has 7 nitrogen and oxygen atoms in total. The lowest BCUT2D eigenvalue weighted by atomic mass is 10.1. The topological polar surface area (TPSA) is 73.3 Å². The Morgan fingerprint density at radius 1 is 1.03 bits per heavy atom. The number of aryl methyl sites for hydroxylation is 1. The monoisotopic (exact) mass is 510 g/mol. The van der Waals surface area contributed by atoms with Crippen molar-refractivity contribution in [1.82, 2.24) is 14.9 Å². The van der Waals surface area contributed by atoms with Crippen molar-refractivity contribution in [3.8, 4) is 28.6 Å². The Hall–Kier alpha value is -3.49. The van der Waals surface area contributed by atoms with E-state index in [1.54, 1.807) is 11.8 Å². The molecule has 0 atom stereocenters. The minimum absolute atomic E-state index is 0.394. The smallest absolute Gasteiger partial charge is 0.214 e. The number of benzene rings is 3. The first-order valence-corrected chi connectivity index (χ1v) is 12.0. The summed E-state index contributed by atoms with van der Waals surface area (Å²) in [7, 11) is 1.62. The van der Waals surface area contributed by atoms with Crippen molar-refractivity contribution in [2.45, 2.75) is 27.0 Å². The molecule has 0 fully saturated rings. The number of aromatic amines is 1. The molecule has 0 spiro atoms. The number of aromatic nitrogens is 3. The fourth-order valence-corrected chi connectivity index (χ4v) is 4.19. The van der Waals surface area contributed by atoms with E-state index in [1.807, 2.05) is 55.5 Å². The number of methoxy groups -OCH3 is 1. The van der Waals surface area contributed by atoms with Crippen molar-refractivity contribution in [3.05, 3.63) is 87.1 Å². The lowest BCUT2D eigenvalue weighted by Gasteiger charge is -2.17. The van der Waals surface area contributed by atoms with Gasteiger partial charge in [-0.05, 0) is 61.5 Å². The van der Waals surface area contributed by atoms with Gasteiger partial charge in [0, 0.05) is 0 Å². The second-order valence-corrected chi connectivity index (χ2v) is 8.63. The molecule has 0 aliphatic carbocycles. The van der Waals surface area contributed by atoms with E-state index in [-0.39, 0.29) is 0 Å². The minimum atomic E-state index is 0.394. The maximum absolute atomic E-state index is 6.63. The highest BCUT2D eigenvalue weighted by atomic mass is 35.5. The maximum atomic E-state index is 6.63. The van der Waals surface area contributed by atoms with Crippen LogP contribution in [0.5, 0.6) is 17.2 Å². The van der Waals surface area contributed by atoms with Crippen LogP contribution in [-0.2, 0) is 13.2 Å². The van der Waals surface area contributed by atoms with Gasteiger partial charge in [0.15, 0.2) is 17.3 Å². The molecule has 0 bridgehead atoms. The summed E-state index contributed by atoms with van der Waals surface area (Å²) in [6.07, 6.45) is 0. The van der Waals surface area contributed by atoms with Gasteiger partial charge in [-0.3, -0.25) is 0 Å². The molecule has 1 aromatic heterocycles. The van der Waals surface area contributed by atoms with Crippen molar-refractivity contribution in [2.24, 2.45) is 0 Å². The van der Waals surface area contributed by atoms with E-state index >= 15 is 0 Å². The average Bonchev–Trinajstić information content (AvgIpc) is 3.22. The molecule has 1 heterocycles. The van der Waals surface area contributed by atoms with Crippen LogP contribution in [0.15, 0.2) is 60.7 Å². The van der Waals surface area contributed by atoms with E-state index in [4.69, 9.17) is 38.0 Å². The van der Waals surface area contributed by atoms with Gasteiger partial charge in [0.05, 0.1) is 30.8 Å². The first-order valence-electron chi connectivity index (χ1n) is 11.2. The van der Waals surface area contributed by atoms with Crippen molar-refractivity contribution in [1.29, 1.82) is 0 Å². The largest absolute Gasteiger partial charge is 0.496 e. The highest BCUT2D eigenvalue weighted by molar-refractivity contribution is 7.71. The maximum Gasteiger partial charge on any atom is 0.214 e. The summed E-state index contributed by atoms with van der Waals surface area (Å²) in [6.45, 7) is 5.28. The van der Waals surface area contributed by atoms with Gasteiger partial charge in [-0.2, -0.15) is 5.10 Å². The van der Waals surface area contributed by atoms with Crippen LogP contribution < -0.4 is 19.6 Å². The van der Waals surface area contributed by atoms with Crippen molar-refractivity contribution in [3.63, 3.8) is 0 Å². The third-order valence-corrected chi connectivity index (χ3v) is 5.85. The molecule has 3 aromatic carbocycles. The van der Waals surface area contributed by atoms with Crippen LogP contribution in [0.4, 0.5) is 0 Å². The zero-order valence-corrected chi connectivity index (χ0v) is 21.4. The van der Waals surface area contributed by atoms with Gasteiger partial charge < -0.3 is 19.6 Å². The minimum Gasteiger partial charge on any atom is -0.496 e. The fraction of sp³-hybridized carbons (Fsp3) is 0.231. The summed E-state index contributed by atoms with van der Waals surface area (Å²) in [6, 6.07) is 19.6. The fourth-order valence-electron chi connectivity index (χ4n) is 3.71. The SMILES string of the molecule is CCOc1cc(CNn2c(-c3ccccc3OC)n[nH]c2=S)cc(Cl)c1OCc1cccc(C)c1. The normalized spacial score (nSPS) is 10.7. The van der Waals surface area contributed by atoms with Crippen LogP contribution >= 0.6 is 23.8 Å². The molecule has 0 saturated carbocycles. The third kappa shape index (κ3) is 5.78. The number of halogens is 1. The van der Waals surface area contributed by atoms with E-state index in [0.29, 0.717) is 52.6 Å². The van der Waals surface area contributed by atoms with E-state index < -0.39 is 0 Å². The Morgan fingerprint density at radius 2 is 1.86 bits per heavy atom. The van der Waals surface area contributed by atoms with E-state index in [1.165, 1.54) is 5.56 Å². The van der Waals surface area contributed by atoms with E-state index in [9.17, 15) is 0 Å². The van der Waals surface area contributed by atoms with Gasteiger partial charge in [-0.15, -0.1) is 0 Å². The second-order valence-electron chi connectivity index (χ2n) is 7.84. The van der Waals surface area contributed by atoms with Gasteiger partial charge in [-0.1, -0.05) is 53.6 Å². The van der Waals surface area contributed by atoms with Gasteiger partial charge in [0.1, 0.15) is 12.4 Å². The molecule has 0 saturated heterocycles. The summed E-state index contributed by atoms with van der Waals surface area (Å²) in [4.78, 5) is 0. The van der Waals surface area contributed by atoms with Gasteiger partial charge in [-0.25, -0.2) is 9.77 Å². The second kappa shape index (κ2) is 11.3. The number of hydrogen-bond acceptors (Lipinski definition) is 6. The highest BCUT2D eigenvalue weighted by Crippen LogP contribution is 2.37.